The van der Waals surface area contributed by atoms with Gasteiger partial charge in [-0.15, -0.1) is 0 Å². The number of aromatic nitrogens is 1. The van der Waals surface area contributed by atoms with Crippen molar-refractivity contribution in [1.29, 1.82) is 0 Å². The maximum absolute atomic E-state index is 12.5. The number of aryl methyl sites for hydroxylation is 2. The highest BCUT2D eigenvalue weighted by molar-refractivity contribution is 7.91. The number of hydrogen-bond acceptors (Lipinski definition) is 3. The first kappa shape index (κ1) is 14.1. The molecular weight excluding hydrogens is 288 g/mol. The van der Waals surface area contributed by atoms with Gasteiger partial charge in [0.05, 0.1) is 11.5 Å². The Hall–Kier alpha value is -1.82. The van der Waals surface area contributed by atoms with E-state index in [1.807, 2.05) is 42.8 Å². The highest BCUT2D eigenvalue weighted by Crippen LogP contribution is 2.24. The van der Waals surface area contributed by atoms with E-state index >= 15 is 0 Å². The third kappa shape index (κ3) is 2.44. The van der Waals surface area contributed by atoms with Gasteiger partial charge in [0.15, 0.2) is 9.84 Å². The molecule has 1 atom stereocenters. The van der Waals surface area contributed by atoms with E-state index < -0.39 is 9.84 Å². The second kappa shape index (κ2) is 4.87. The number of para-hydroxylation sites is 1. The lowest BCUT2D eigenvalue weighted by molar-refractivity contribution is 0.0932. The molecule has 1 unspecified atom stereocenters. The molecule has 21 heavy (non-hydrogen) atoms. The number of fused-ring (bicyclic) bond motifs is 1. The maximum atomic E-state index is 12.5. The Labute approximate surface area is 123 Å². The lowest BCUT2D eigenvalue weighted by atomic mass is 10.1. The van der Waals surface area contributed by atoms with Gasteiger partial charge in [0.1, 0.15) is 5.69 Å². The number of rotatable bonds is 2. The summed E-state index contributed by atoms with van der Waals surface area (Å²) in [7, 11) is -1.13. The number of carbonyl (C=O) groups excluding carboxylic acids is 1. The van der Waals surface area contributed by atoms with Crippen LogP contribution in [-0.4, -0.2) is 36.4 Å². The molecule has 3 rings (SSSR count). The van der Waals surface area contributed by atoms with E-state index in [1.54, 1.807) is 0 Å². The fourth-order valence-corrected chi connectivity index (χ4v) is 4.74. The monoisotopic (exact) mass is 306 g/mol. The van der Waals surface area contributed by atoms with Crippen molar-refractivity contribution in [2.45, 2.75) is 19.4 Å². The normalized spacial score (nSPS) is 20.8. The summed E-state index contributed by atoms with van der Waals surface area (Å²) >= 11 is 0. The molecule has 0 radical (unpaired) electrons. The van der Waals surface area contributed by atoms with E-state index in [1.165, 1.54) is 0 Å². The van der Waals surface area contributed by atoms with Gasteiger partial charge < -0.3 is 9.88 Å². The Bertz CT molecular complexity index is 782. The van der Waals surface area contributed by atoms with Gasteiger partial charge in [0.2, 0.25) is 0 Å². The number of amides is 1. The third-order valence-electron chi connectivity index (χ3n) is 4.14. The summed E-state index contributed by atoms with van der Waals surface area (Å²) in [6, 6.07) is 7.56. The molecule has 5 nitrogen and oxygen atoms in total. The van der Waals surface area contributed by atoms with Crippen molar-refractivity contribution in [3.63, 3.8) is 0 Å². The fourth-order valence-electron chi connectivity index (χ4n) is 3.07. The van der Waals surface area contributed by atoms with Crippen LogP contribution in [0.3, 0.4) is 0 Å². The molecule has 1 aromatic carbocycles. The lowest BCUT2D eigenvalue weighted by Crippen LogP contribution is -2.36. The Morgan fingerprint density at radius 1 is 1.33 bits per heavy atom. The van der Waals surface area contributed by atoms with Crippen molar-refractivity contribution in [3.05, 3.63) is 35.5 Å². The average molecular weight is 306 g/mol. The van der Waals surface area contributed by atoms with Gasteiger partial charge in [-0.25, -0.2) is 8.42 Å². The number of hydrogen-bond donors (Lipinski definition) is 1. The van der Waals surface area contributed by atoms with E-state index in [4.69, 9.17) is 0 Å². The summed E-state index contributed by atoms with van der Waals surface area (Å²) in [6.45, 7) is 1.92. The molecule has 6 heteroatoms. The van der Waals surface area contributed by atoms with Gasteiger partial charge in [0, 0.05) is 24.0 Å². The van der Waals surface area contributed by atoms with Gasteiger partial charge in [-0.2, -0.15) is 0 Å². The van der Waals surface area contributed by atoms with Crippen molar-refractivity contribution in [2.75, 3.05) is 11.5 Å². The topological polar surface area (TPSA) is 68.2 Å². The first-order valence-corrected chi connectivity index (χ1v) is 8.76. The quantitative estimate of drug-likeness (QED) is 0.912. The zero-order valence-electron chi connectivity index (χ0n) is 12.1. The highest BCUT2D eigenvalue weighted by Gasteiger charge is 2.30. The van der Waals surface area contributed by atoms with E-state index in [9.17, 15) is 13.2 Å². The molecule has 1 N–H and O–H groups in total. The van der Waals surface area contributed by atoms with E-state index in [-0.39, 0.29) is 23.5 Å². The molecule has 1 fully saturated rings. The average Bonchev–Trinajstić information content (AvgIpc) is 2.89. The van der Waals surface area contributed by atoms with Crippen LogP contribution in [0.25, 0.3) is 10.9 Å². The minimum atomic E-state index is -2.99. The summed E-state index contributed by atoms with van der Waals surface area (Å²) in [5.74, 6) is 0.00151. The molecule has 1 saturated heterocycles. The molecule has 0 saturated carbocycles. The van der Waals surface area contributed by atoms with Gasteiger partial charge >= 0.3 is 0 Å². The molecule has 2 heterocycles. The standard InChI is InChI=1S/C15H18N2O3S/c1-10-12-5-3-4-6-13(12)17(2)14(10)15(18)16-11-7-8-21(19,20)9-11/h3-6,11H,7-9H2,1-2H3,(H,16,18). The van der Waals surface area contributed by atoms with Crippen LogP contribution in [-0.2, 0) is 16.9 Å². The van der Waals surface area contributed by atoms with Crippen molar-refractivity contribution in [2.24, 2.45) is 7.05 Å². The highest BCUT2D eigenvalue weighted by atomic mass is 32.2. The summed E-state index contributed by atoms with van der Waals surface area (Å²) in [4.78, 5) is 12.5. The molecule has 2 aromatic rings. The first-order chi connectivity index (χ1) is 9.89. The minimum Gasteiger partial charge on any atom is -0.347 e. The molecule has 112 valence electrons. The molecule has 1 amide bonds. The van der Waals surface area contributed by atoms with Crippen molar-refractivity contribution in [3.8, 4) is 0 Å². The second-order valence-corrected chi connectivity index (χ2v) is 7.85. The first-order valence-electron chi connectivity index (χ1n) is 6.94. The van der Waals surface area contributed by atoms with Crippen LogP contribution in [0.2, 0.25) is 0 Å². The van der Waals surface area contributed by atoms with Gasteiger partial charge in [0.25, 0.3) is 5.91 Å². The maximum Gasteiger partial charge on any atom is 0.268 e. The number of nitrogens with one attached hydrogen (secondary N) is 1. The van der Waals surface area contributed by atoms with Crippen LogP contribution in [0.1, 0.15) is 22.5 Å². The van der Waals surface area contributed by atoms with Crippen LogP contribution in [0.15, 0.2) is 24.3 Å². The Morgan fingerprint density at radius 2 is 2.05 bits per heavy atom. The molecule has 0 bridgehead atoms. The number of sulfone groups is 1. The van der Waals surface area contributed by atoms with Crippen molar-refractivity contribution >= 4 is 26.6 Å². The van der Waals surface area contributed by atoms with E-state index in [2.05, 4.69) is 5.32 Å². The van der Waals surface area contributed by atoms with Crippen LogP contribution < -0.4 is 5.32 Å². The van der Waals surface area contributed by atoms with E-state index in [0.29, 0.717) is 12.1 Å². The van der Waals surface area contributed by atoms with Gasteiger partial charge in [-0.05, 0) is 25.0 Å². The van der Waals surface area contributed by atoms with E-state index in [0.717, 1.165) is 16.5 Å². The summed E-state index contributed by atoms with van der Waals surface area (Å²) in [5.41, 5.74) is 2.52. The molecule has 0 spiro atoms. The van der Waals surface area contributed by atoms with Crippen LogP contribution in [0.5, 0.6) is 0 Å². The third-order valence-corrected chi connectivity index (χ3v) is 5.91. The minimum absolute atomic E-state index is 0.0434. The molecule has 1 aliphatic rings. The van der Waals surface area contributed by atoms with Crippen LogP contribution in [0, 0.1) is 6.92 Å². The Balaban J connectivity index is 1.92. The Kier molecular flexibility index (Phi) is 3.28. The summed E-state index contributed by atoms with van der Waals surface area (Å²) < 4.78 is 24.8. The predicted molar refractivity (Wildman–Crippen MR) is 82.2 cm³/mol. The molecule has 1 aliphatic heterocycles. The second-order valence-electron chi connectivity index (χ2n) is 5.62. The number of benzene rings is 1. The van der Waals surface area contributed by atoms with Gasteiger partial charge in [-0.3, -0.25) is 4.79 Å². The van der Waals surface area contributed by atoms with Crippen molar-refractivity contribution in [1.82, 2.24) is 9.88 Å². The van der Waals surface area contributed by atoms with Gasteiger partial charge in [-0.1, -0.05) is 18.2 Å². The largest absolute Gasteiger partial charge is 0.347 e. The smallest absolute Gasteiger partial charge is 0.268 e. The zero-order valence-corrected chi connectivity index (χ0v) is 12.9. The predicted octanol–water partition coefficient (Wildman–Crippen LogP) is 1.40. The summed E-state index contributed by atoms with van der Waals surface area (Å²) in [5, 5.41) is 3.90. The SMILES string of the molecule is Cc1c(C(=O)NC2CCS(=O)(=O)C2)n(C)c2ccccc12. The zero-order chi connectivity index (χ0) is 15.2. The lowest BCUT2D eigenvalue weighted by Gasteiger charge is -2.12. The molecular formula is C15H18N2O3S. The summed E-state index contributed by atoms with van der Waals surface area (Å²) in [6.07, 6.45) is 0.497. The molecule has 0 aliphatic carbocycles. The number of carbonyl (C=O) groups is 1. The molecule has 1 aromatic heterocycles. The van der Waals surface area contributed by atoms with Crippen LogP contribution >= 0.6 is 0 Å². The number of nitrogens with zero attached hydrogens (tertiary/aromatic N) is 1. The van der Waals surface area contributed by atoms with Crippen molar-refractivity contribution < 1.29 is 13.2 Å². The fraction of sp³-hybridized carbons (Fsp3) is 0.400. The Morgan fingerprint density at radius 3 is 2.67 bits per heavy atom. The van der Waals surface area contributed by atoms with Crippen LogP contribution in [0.4, 0.5) is 0 Å².